The minimum Gasteiger partial charge on any atom is -0.356 e. The molecule has 0 aromatic rings. The van der Waals surface area contributed by atoms with E-state index < -0.39 is 0 Å². The number of hydrogen-bond acceptors (Lipinski definition) is 3. The van der Waals surface area contributed by atoms with Crippen molar-refractivity contribution in [1.82, 2.24) is 20.4 Å². The summed E-state index contributed by atoms with van der Waals surface area (Å²) in [4.78, 5) is 9.42. The van der Waals surface area contributed by atoms with Gasteiger partial charge in [-0.2, -0.15) is 0 Å². The zero-order chi connectivity index (χ0) is 16.3. The van der Waals surface area contributed by atoms with Crippen LogP contribution in [-0.2, 0) is 0 Å². The first-order chi connectivity index (χ1) is 11.3. The molecule has 0 bridgehead atoms. The van der Waals surface area contributed by atoms with Gasteiger partial charge in [-0.1, -0.05) is 12.8 Å². The summed E-state index contributed by atoms with van der Waals surface area (Å²) in [5.74, 6) is 1.72. The molecule has 2 N–H and O–H groups in total. The first-order valence-electron chi connectivity index (χ1n) is 9.63. The molecule has 0 saturated carbocycles. The van der Waals surface area contributed by atoms with E-state index in [0.717, 1.165) is 25.0 Å². The predicted molar refractivity (Wildman–Crippen MR) is 99.1 cm³/mol. The third kappa shape index (κ3) is 7.53. The molecule has 23 heavy (non-hydrogen) atoms. The van der Waals surface area contributed by atoms with Crippen LogP contribution in [0, 0.1) is 5.92 Å². The summed E-state index contributed by atoms with van der Waals surface area (Å²) in [5.41, 5.74) is 0. The molecule has 0 radical (unpaired) electrons. The Balaban J connectivity index is 1.55. The van der Waals surface area contributed by atoms with Gasteiger partial charge in [-0.15, -0.1) is 0 Å². The van der Waals surface area contributed by atoms with Crippen molar-refractivity contribution < 1.29 is 0 Å². The summed E-state index contributed by atoms with van der Waals surface area (Å²) in [6, 6.07) is 0. The van der Waals surface area contributed by atoms with Crippen LogP contribution in [0.5, 0.6) is 0 Å². The normalized spacial score (nSPS) is 25.1. The summed E-state index contributed by atoms with van der Waals surface area (Å²) < 4.78 is 0. The van der Waals surface area contributed by atoms with Gasteiger partial charge in [0.05, 0.1) is 0 Å². The minimum absolute atomic E-state index is 0.754. The fourth-order valence-corrected chi connectivity index (χ4v) is 3.77. The Bertz CT molecular complexity index is 336. The molecule has 2 rings (SSSR count). The van der Waals surface area contributed by atoms with E-state index in [1.807, 2.05) is 7.05 Å². The average Bonchev–Trinajstić information content (AvgIpc) is 2.83. The molecule has 2 heterocycles. The molecule has 2 fully saturated rings. The van der Waals surface area contributed by atoms with Crippen molar-refractivity contribution >= 4 is 5.96 Å². The van der Waals surface area contributed by atoms with Crippen molar-refractivity contribution in [2.45, 2.75) is 44.9 Å². The smallest absolute Gasteiger partial charge is 0.190 e. The second-order valence-electron chi connectivity index (χ2n) is 7.26. The molecule has 2 aliphatic rings. The summed E-state index contributed by atoms with van der Waals surface area (Å²) >= 11 is 0. The molecule has 0 amide bonds. The summed E-state index contributed by atoms with van der Waals surface area (Å²) in [6.07, 6.45) is 9.46. The van der Waals surface area contributed by atoms with Gasteiger partial charge in [0.25, 0.3) is 0 Å². The standard InChI is InChI=1S/C18H37N5/c1-19-18(21-15-17-9-7-11-22(2)16-17)20-10-8-14-23-12-5-3-4-6-13-23/h17H,3-16H2,1-2H3,(H2,19,20,21). The molecule has 2 aliphatic heterocycles. The maximum atomic E-state index is 4.36. The summed E-state index contributed by atoms with van der Waals surface area (Å²) in [5, 5.41) is 6.98. The first kappa shape index (κ1) is 18.5. The number of rotatable bonds is 6. The number of hydrogen-bond donors (Lipinski definition) is 2. The van der Waals surface area contributed by atoms with Crippen molar-refractivity contribution in [2.24, 2.45) is 10.9 Å². The van der Waals surface area contributed by atoms with Crippen LogP contribution in [0.25, 0.3) is 0 Å². The second-order valence-corrected chi connectivity index (χ2v) is 7.26. The summed E-state index contributed by atoms with van der Waals surface area (Å²) in [7, 11) is 4.10. The maximum absolute atomic E-state index is 4.36. The molecule has 0 spiro atoms. The molecule has 0 aromatic carbocycles. The van der Waals surface area contributed by atoms with Gasteiger partial charge >= 0.3 is 0 Å². The largest absolute Gasteiger partial charge is 0.356 e. The molecule has 0 aliphatic carbocycles. The molecule has 5 heteroatoms. The number of guanidine groups is 1. The molecule has 1 atom stereocenters. The Morgan fingerprint density at radius 3 is 2.52 bits per heavy atom. The van der Waals surface area contributed by atoms with E-state index in [9.17, 15) is 0 Å². The molecule has 1 unspecified atom stereocenters. The van der Waals surface area contributed by atoms with Gasteiger partial charge in [0, 0.05) is 26.7 Å². The predicted octanol–water partition coefficient (Wildman–Crippen LogP) is 1.76. The third-order valence-corrected chi connectivity index (χ3v) is 5.15. The van der Waals surface area contributed by atoms with Crippen molar-refractivity contribution in [3.05, 3.63) is 0 Å². The molecular weight excluding hydrogens is 286 g/mol. The zero-order valence-electron chi connectivity index (χ0n) is 15.3. The van der Waals surface area contributed by atoms with Gasteiger partial charge in [0.1, 0.15) is 0 Å². The number of likely N-dealkylation sites (tertiary alicyclic amines) is 2. The third-order valence-electron chi connectivity index (χ3n) is 5.15. The van der Waals surface area contributed by atoms with Crippen LogP contribution in [0.1, 0.15) is 44.9 Å². The van der Waals surface area contributed by atoms with Crippen LogP contribution < -0.4 is 10.6 Å². The van der Waals surface area contributed by atoms with Gasteiger partial charge in [-0.05, 0) is 71.2 Å². The van der Waals surface area contributed by atoms with Crippen molar-refractivity contribution in [3.8, 4) is 0 Å². The molecule has 134 valence electrons. The lowest BCUT2D eigenvalue weighted by molar-refractivity contribution is 0.210. The van der Waals surface area contributed by atoms with Crippen LogP contribution in [-0.4, -0.2) is 75.7 Å². The molecular formula is C18H37N5. The van der Waals surface area contributed by atoms with Crippen molar-refractivity contribution in [1.29, 1.82) is 0 Å². The van der Waals surface area contributed by atoms with Gasteiger partial charge in [0.15, 0.2) is 5.96 Å². The second kappa shape index (κ2) is 10.9. The van der Waals surface area contributed by atoms with Crippen LogP contribution in [0.15, 0.2) is 4.99 Å². The van der Waals surface area contributed by atoms with Crippen molar-refractivity contribution in [2.75, 3.05) is 59.9 Å². The summed E-state index contributed by atoms with van der Waals surface area (Å²) in [6.45, 7) is 8.32. The number of piperidine rings is 1. The van der Waals surface area contributed by atoms with Crippen molar-refractivity contribution in [3.63, 3.8) is 0 Å². The van der Waals surface area contributed by atoms with E-state index in [-0.39, 0.29) is 0 Å². The fourth-order valence-electron chi connectivity index (χ4n) is 3.77. The Morgan fingerprint density at radius 2 is 1.83 bits per heavy atom. The number of nitrogens with zero attached hydrogens (tertiary/aromatic N) is 3. The van der Waals surface area contributed by atoms with Gasteiger partial charge in [-0.25, -0.2) is 0 Å². The van der Waals surface area contributed by atoms with E-state index in [1.165, 1.54) is 77.7 Å². The topological polar surface area (TPSA) is 42.9 Å². The molecule has 5 nitrogen and oxygen atoms in total. The lowest BCUT2D eigenvalue weighted by atomic mass is 9.99. The lowest BCUT2D eigenvalue weighted by Gasteiger charge is -2.30. The monoisotopic (exact) mass is 323 g/mol. The van der Waals surface area contributed by atoms with Crippen LogP contribution in [0.3, 0.4) is 0 Å². The van der Waals surface area contributed by atoms with E-state index in [1.54, 1.807) is 0 Å². The molecule has 0 aromatic heterocycles. The Kier molecular flexibility index (Phi) is 8.76. The van der Waals surface area contributed by atoms with E-state index in [2.05, 4.69) is 32.5 Å². The quantitative estimate of drug-likeness (QED) is 0.444. The number of nitrogens with one attached hydrogen (secondary N) is 2. The van der Waals surface area contributed by atoms with Gasteiger partial charge in [0.2, 0.25) is 0 Å². The fraction of sp³-hybridized carbons (Fsp3) is 0.944. The van der Waals surface area contributed by atoms with E-state index in [0.29, 0.717) is 0 Å². The van der Waals surface area contributed by atoms with Gasteiger partial charge < -0.3 is 20.4 Å². The highest BCUT2D eigenvalue weighted by Crippen LogP contribution is 2.13. The lowest BCUT2D eigenvalue weighted by Crippen LogP contribution is -2.44. The Labute approximate surface area is 142 Å². The van der Waals surface area contributed by atoms with E-state index in [4.69, 9.17) is 0 Å². The highest BCUT2D eigenvalue weighted by Gasteiger charge is 2.17. The first-order valence-corrected chi connectivity index (χ1v) is 9.63. The molecule has 2 saturated heterocycles. The SMILES string of the molecule is CN=C(NCCCN1CCCCCC1)NCC1CCCN(C)C1. The van der Waals surface area contributed by atoms with Crippen LogP contribution in [0.4, 0.5) is 0 Å². The van der Waals surface area contributed by atoms with E-state index >= 15 is 0 Å². The Hall–Kier alpha value is -0.810. The van der Waals surface area contributed by atoms with Gasteiger partial charge in [-0.3, -0.25) is 4.99 Å². The van der Waals surface area contributed by atoms with Crippen LogP contribution >= 0.6 is 0 Å². The maximum Gasteiger partial charge on any atom is 0.190 e. The Morgan fingerprint density at radius 1 is 1.04 bits per heavy atom. The minimum atomic E-state index is 0.754. The highest BCUT2D eigenvalue weighted by atomic mass is 15.2. The highest BCUT2D eigenvalue weighted by molar-refractivity contribution is 5.79. The average molecular weight is 324 g/mol. The number of aliphatic imine (C=N–C) groups is 1. The zero-order valence-corrected chi connectivity index (χ0v) is 15.3. The van der Waals surface area contributed by atoms with Crippen LogP contribution in [0.2, 0.25) is 0 Å².